The zero-order valence-electron chi connectivity index (χ0n) is 6.80. The molecule has 0 aliphatic rings. The minimum Gasteiger partial charge on any atom is -0.496 e. The van der Waals surface area contributed by atoms with Gasteiger partial charge in [0.25, 0.3) is 0 Å². The predicted molar refractivity (Wildman–Crippen MR) is 48.5 cm³/mol. The van der Waals surface area contributed by atoms with E-state index in [0.717, 1.165) is 0 Å². The maximum absolute atomic E-state index is 11.0. The zero-order valence-corrected chi connectivity index (χ0v) is 8.38. The van der Waals surface area contributed by atoms with Crippen molar-refractivity contribution in [1.82, 2.24) is 4.98 Å². The van der Waals surface area contributed by atoms with Crippen LogP contribution in [-0.2, 0) is 0 Å². The number of ether oxygens (including phenoxy) is 1. The maximum atomic E-state index is 11.0. The molecule has 0 bridgehead atoms. The first kappa shape index (κ1) is 9.19. The maximum Gasteiger partial charge on any atom is 0.165 e. The molecule has 1 aromatic heterocycles. The Labute approximate surface area is 78.9 Å². The van der Waals surface area contributed by atoms with Crippen molar-refractivity contribution in [3.63, 3.8) is 0 Å². The Bertz CT molecular complexity index is 312. The molecule has 0 aliphatic heterocycles. The first-order chi connectivity index (χ1) is 5.65. The Kier molecular flexibility index (Phi) is 2.81. The van der Waals surface area contributed by atoms with E-state index in [2.05, 4.69) is 20.9 Å². The molecule has 0 spiro atoms. The lowest BCUT2D eigenvalue weighted by Crippen LogP contribution is -1.98. The van der Waals surface area contributed by atoms with Crippen LogP contribution in [0, 0.1) is 0 Å². The van der Waals surface area contributed by atoms with Crippen LogP contribution in [0.5, 0.6) is 5.75 Å². The van der Waals surface area contributed by atoms with Crippen molar-refractivity contribution in [2.45, 2.75) is 6.92 Å². The van der Waals surface area contributed by atoms with Crippen molar-refractivity contribution in [2.24, 2.45) is 0 Å². The van der Waals surface area contributed by atoms with Gasteiger partial charge < -0.3 is 4.74 Å². The van der Waals surface area contributed by atoms with Gasteiger partial charge in [0, 0.05) is 12.3 Å². The average Bonchev–Trinajstić information content (AvgIpc) is 2.03. The Balaban J connectivity index is 3.20. The monoisotopic (exact) mass is 229 g/mol. The summed E-state index contributed by atoms with van der Waals surface area (Å²) in [4.78, 5) is 14.9. The highest BCUT2D eigenvalue weighted by Gasteiger charge is 2.08. The molecule has 12 heavy (non-hydrogen) atoms. The molecule has 0 amide bonds. The lowest BCUT2D eigenvalue weighted by Gasteiger charge is -2.04. The number of rotatable bonds is 2. The van der Waals surface area contributed by atoms with E-state index in [-0.39, 0.29) is 5.78 Å². The first-order valence-corrected chi connectivity index (χ1v) is 4.15. The van der Waals surface area contributed by atoms with Gasteiger partial charge in [-0.1, -0.05) is 0 Å². The smallest absolute Gasteiger partial charge is 0.165 e. The third-order valence-electron chi connectivity index (χ3n) is 1.43. The molecule has 0 N–H and O–H groups in total. The van der Waals surface area contributed by atoms with Crippen molar-refractivity contribution in [2.75, 3.05) is 7.11 Å². The third kappa shape index (κ3) is 1.82. The van der Waals surface area contributed by atoms with Crippen molar-refractivity contribution in [1.29, 1.82) is 0 Å². The minimum absolute atomic E-state index is 0.0492. The number of carbonyl (C=O) groups is 1. The summed E-state index contributed by atoms with van der Waals surface area (Å²) < 4.78 is 5.65. The molecule has 3 nitrogen and oxygen atoms in total. The van der Waals surface area contributed by atoms with Gasteiger partial charge in [-0.25, -0.2) is 4.98 Å². The highest BCUT2D eigenvalue weighted by atomic mass is 79.9. The highest BCUT2D eigenvalue weighted by Crippen LogP contribution is 2.21. The summed E-state index contributed by atoms with van der Waals surface area (Å²) in [7, 11) is 1.52. The number of hydrogen-bond donors (Lipinski definition) is 0. The summed E-state index contributed by atoms with van der Waals surface area (Å²) in [6, 6.07) is 1.66. The lowest BCUT2D eigenvalue weighted by atomic mass is 10.2. The van der Waals surface area contributed by atoms with E-state index in [1.165, 1.54) is 20.2 Å². The molecule has 1 heterocycles. The number of halogens is 1. The van der Waals surface area contributed by atoms with Crippen LogP contribution in [0.3, 0.4) is 0 Å². The van der Waals surface area contributed by atoms with Crippen LogP contribution in [-0.4, -0.2) is 17.9 Å². The molecule has 4 heteroatoms. The van der Waals surface area contributed by atoms with Crippen molar-refractivity contribution < 1.29 is 9.53 Å². The van der Waals surface area contributed by atoms with E-state index >= 15 is 0 Å². The van der Waals surface area contributed by atoms with Gasteiger partial charge >= 0.3 is 0 Å². The molecule has 0 atom stereocenters. The fraction of sp³-hybridized carbons (Fsp3) is 0.250. The summed E-state index contributed by atoms with van der Waals surface area (Å²) in [6.07, 6.45) is 1.49. The number of nitrogens with zero attached hydrogens (tertiary/aromatic N) is 1. The fourth-order valence-electron chi connectivity index (χ4n) is 0.846. The number of methoxy groups -OCH3 is 1. The van der Waals surface area contributed by atoms with E-state index < -0.39 is 0 Å². The molecule has 64 valence electrons. The molecule has 0 aliphatic carbocycles. The second-order valence-electron chi connectivity index (χ2n) is 2.26. The number of aromatic nitrogens is 1. The van der Waals surface area contributed by atoms with Gasteiger partial charge in [-0.15, -0.1) is 0 Å². The topological polar surface area (TPSA) is 39.2 Å². The van der Waals surface area contributed by atoms with Gasteiger partial charge in [-0.3, -0.25) is 4.79 Å². The van der Waals surface area contributed by atoms with Gasteiger partial charge in [0.05, 0.1) is 12.7 Å². The van der Waals surface area contributed by atoms with Crippen molar-refractivity contribution in [3.8, 4) is 5.75 Å². The van der Waals surface area contributed by atoms with Gasteiger partial charge in [0.15, 0.2) is 5.78 Å². The molecule has 0 aromatic carbocycles. The number of carbonyl (C=O) groups excluding carboxylic acids is 1. The predicted octanol–water partition coefficient (Wildman–Crippen LogP) is 2.06. The van der Waals surface area contributed by atoms with Crippen LogP contribution < -0.4 is 4.74 Å². The van der Waals surface area contributed by atoms with Crippen LogP contribution in [0.25, 0.3) is 0 Å². The molecule has 1 rings (SSSR count). The quantitative estimate of drug-likeness (QED) is 0.576. The van der Waals surface area contributed by atoms with Crippen LogP contribution in [0.15, 0.2) is 16.9 Å². The fourth-order valence-corrected chi connectivity index (χ4v) is 1.16. The number of ketones is 1. The Morgan fingerprint density at radius 2 is 2.33 bits per heavy atom. The minimum atomic E-state index is -0.0492. The summed E-state index contributed by atoms with van der Waals surface area (Å²) in [5.74, 6) is 0.497. The van der Waals surface area contributed by atoms with Crippen LogP contribution in [0.2, 0.25) is 0 Å². The molecule has 0 saturated heterocycles. The average molecular weight is 230 g/mol. The Morgan fingerprint density at radius 3 is 2.83 bits per heavy atom. The van der Waals surface area contributed by atoms with Crippen LogP contribution >= 0.6 is 15.9 Å². The molecular weight excluding hydrogens is 222 g/mol. The lowest BCUT2D eigenvalue weighted by molar-refractivity contribution is 0.101. The van der Waals surface area contributed by atoms with E-state index in [9.17, 15) is 4.79 Å². The first-order valence-electron chi connectivity index (χ1n) is 3.35. The van der Waals surface area contributed by atoms with Gasteiger partial charge in [0.1, 0.15) is 10.4 Å². The molecular formula is C8H8BrNO2. The van der Waals surface area contributed by atoms with Gasteiger partial charge in [-0.2, -0.15) is 0 Å². The molecule has 0 unspecified atom stereocenters. The standard InChI is InChI=1S/C8H8BrNO2/c1-5(11)6-4-10-8(9)3-7(6)12-2/h3-4H,1-2H3. The summed E-state index contributed by atoms with van der Waals surface area (Å²) in [6.45, 7) is 1.48. The van der Waals surface area contributed by atoms with Gasteiger partial charge in [0.2, 0.25) is 0 Å². The molecule has 1 aromatic rings. The number of hydrogen-bond acceptors (Lipinski definition) is 3. The zero-order chi connectivity index (χ0) is 9.14. The SMILES string of the molecule is COc1cc(Br)ncc1C(C)=O. The second kappa shape index (κ2) is 3.67. The van der Waals surface area contributed by atoms with Crippen molar-refractivity contribution >= 4 is 21.7 Å². The molecule has 0 saturated carbocycles. The van der Waals surface area contributed by atoms with E-state index in [0.29, 0.717) is 15.9 Å². The molecule has 0 fully saturated rings. The summed E-state index contributed by atoms with van der Waals surface area (Å²) in [5.41, 5.74) is 0.501. The van der Waals surface area contributed by atoms with Crippen LogP contribution in [0.4, 0.5) is 0 Å². The Morgan fingerprint density at radius 1 is 1.67 bits per heavy atom. The summed E-state index contributed by atoms with van der Waals surface area (Å²) in [5, 5.41) is 0. The van der Waals surface area contributed by atoms with E-state index in [4.69, 9.17) is 4.74 Å². The largest absolute Gasteiger partial charge is 0.496 e. The number of Topliss-reactive ketones (excluding diaryl/α,β-unsaturated/α-hetero) is 1. The third-order valence-corrected chi connectivity index (χ3v) is 1.87. The van der Waals surface area contributed by atoms with Gasteiger partial charge in [-0.05, 0) is 22.9 Å². The number of pyridine rings is 1. The second-order valence-corrected chi connectivity index (χ2v) is 3.08. The Hall–Kier alpha value is -0.900. The van der Waals surface area contributed by atoms with E-state index in [1.807, 2.05) is 0 Å². The van der Waals surface area contributed by atoms with Crippen molar-refractivity contribution in [3.05, 3.63) is 22.4 Å². The summed E-state index contributed by atoms with van der Waals surface area (Å²) >= 11 is 3.18. The van der Waals surface area contributed by atoms with E-state index in [1.54, 1.807) is 6.07 Å². The van der Waals surface area contributed by atoms with Crippen LogP contribution in [0.1, 0.15) is 17.3 Å². The normalized spacial score (nSPS) is 9.58. The highest BCUT2D eigenvalue weighted by molar-refractivity contribution is 9.10. The molecule has 0 radical (unpaired) electrons.